The van der Waals surface area contributed by atoms with Gasteiger partial charge in [0.25, 0.3) is 5.56 Å². The molecule has 0 radical (unpaired) electrons. The quantitative estimate of drug-likeness (QED) is 0.735. The van der Waals surface area contributed by atoms with Gasteiger partial charge in [0.1, 0.15) is 4.47 Å². The molecule has 0 spiro atoms. The molecule has 7 heteroatoms. The van der Waals surface area contributed by atoms with E-state index in [1.54, 1.807) is 24.0 Å². The Morgan fingerprint density at radius 3 is 2.95 bits per heavy atom. The normalized spacial score (nSPS) is 13.9. The van der Waals surface area contributed by atoms with Crippen LogP contribution in [0, 0.1) is 0 Å². The van der Waals surface area contributed by atoms with E-state index in [9.17, 15) is 9.90 Å². The van der Waals surface area contributed by atoms with Crippen molar-refractivity contribution in [1.82, 2.24) is 9.78 Å². The number of nitrogens with one attached hydrogen (secondary N) is 1. The number of halogens is 1. The van der Waals surface area contributed by atoms with E-state index in [1.165, 1.54) is 4.68 Å². The SMILES string of the molecule is C=CCn1ncc(NC(C)C(CO)SC)c(Br)c1=O. The van der Waals surface area contributed by atoms with E-state index in [0.29, 0.717) is 16.7 Å². The summed E-state index contributed by atoms with van der Waals surface area (Å²) >= 11 is 4.86. The molecule has 2 N–H and O–H groups in total. The molecule has 0 fully saturated rings. The molecule has 0 aromatic carbocycles. The summed E-state index contributed by atoms with van der Waals surface area (Å²) in [5.41, 5.74) is 0.423. The molecular weight excluding hydrogens is 330 g/mol. The molecule has 106 valence electrons. The van der Waals surface area contributed by atoms with Crippen molar-refractivity contribution in [1.29, 1.82) is 0 Å². The van der Waals surface area contributed by atoms with Crippen LogP contribution in [0.5, 0.6) is 0 Å². The van der Waals surface area contributed by atoms with Crippen molar-refractivity contribution in [3.05, 3.63) is 33.7 Å². The van der Waals surface area contributed by atoms with Crippen molar-refractivity contribution >= 4 is 33.4 Å². The van der Waals surface area contributed by atoms with Crippen LogP contribution in [0.2, 0.25) is 0 Å². The molecule has 1 aromatic heterocycles. The van der Waals surface area contributed by atoms with Gasteiger partial charge < -0.3 is 10.4 Å². The third-order valence-electron chi connectivity index (χ3n) is 2.71. The average Bonchev–Trinajstić information content (AvgIpc) is 2.40. The Morgan fingerprint density at radius 2 is 2.42 bits per heavy atom. The number of aromatic nitrogens is 2. The van der Waals surface area contributed by atoms with Crippen LogP contribution in [0.3, 0.4) is 0 Å². The van der Waals surface area contributed by atoms with Crippen LogP contribution < -0.4 is 10.9 Å². The summed E-state index contributed by atoms with van der Waals surface area (Å²) in [5, 5.41) is 16.6. The molecule has 1 heterocycles. The molecule has 1 aromatic rings. The van der Waals surface area contributed by atoms with Gasteiger partial charge in [-0.05, 0) is 29.1 Å². The van der Waals surface area contributed by atoms with Gasteiger partial charge in [0.05, 0.1) is 25.0 Å². The number of aliphatic hydroxyl groups is 1. The maximum atomic E-state index is 12.0. The third-order valence-corrected chi connectivity index (χ3v) is 4.64. The summed E-state index contributed by atoms with van der Waals surface area (Å²) < 4.78 is 1.76. The molecule has 19 heavy (non-hydrogen) atoms. The van der Waals surface area contributed by atoms with Gasteiger partial charge in [-0.1, -0.05) is 6.08 Å². The van der Waals surface area contributed by atoms with E-state index in [4.69, 9.17) is 0 Å². The Bertz CT molecular complexity index is 488. The molecule has 2 atom stereocenters. The van der Waals surface area contributed by atoms with Crippen LogP contribution in [0.1, 0.15) is 6.92 Å². The predicted octanol–water partition coefficient (Wildman–Crippen LogP) is 1.72. The average molecular weight is 348 g/mol. The molecular formula is C12H18BrN3O2S. The first kappa shape index (κ1) is 16.3. The first-order valence-electron chi connectivity index (χ1n) is 5.81. The van der Waals surface area contributed by atoms with Gasteiger partial charge in [0, 0.05) is 11.3 Å². The molecule has 0 amide bonds. The Balaban J connectivity index is 2.94. The molecule has 0 aliphatic carbocycles. The fraction of sp³-hybridized carbons (Fsp3) is 0.500. The number of rotatable bonds is 7. The molecule has 0 aliphatic rings. The van der Waals surface area contributed by atoms with Crippen LogP contribution in [0.4, 0.5) is 5.69 Å². The minimum atomic E-state index is -0.207. The van der Waals surface area contributed by atoms with Crippen molar-refractivity contribution in [2.45, 2.75) is 24.8 Å². The zero-order valence-corrected chi connectivity index (χ0v) is 13.4. The number of aliphatic hydroxyl groups excluding tert-OH is 1. The minimum absolute atomic E-state index is 0.0211. The van der Waals surface area contributed by atoms with E-state index >= 15 is 0 Å². The van der Waals surface area contributed by atoms with E-state index < -0.39 is 0 Å². The molecule has 1 rings (SSSR count). The van der Waals surface area contributed by atoms with Crippen LogP contribution in [-0.4, -0.2) is 39.0 Å². The van der Waals surface area contributed by atoms with Crippen LogP contribution in [0.15, 0.2) is 28.1 Å². The standard InChI is InChI=1S/C12H18BrN3O2S/c1-4-5-16-12(18)11(13)9(6-14-16)15-8(2)10(7-17)19-3/h4,6,8,10,15,17H,1,5,7H2,2-3H3. The van der Waals surface area contributed by atoms with E-state index in [0.717, 1.165) is 0 Å². The number of anilines is 1. The Labute approximate surface area is 125 Å². The summed E-state index contributed by atoms with van der Waals surface area (Å²) in [6, 6.07) is 0.0211. The molecule has 0 saturated carbocycles. The molecule has 0 saturated heterocycles. The van der Waals surface area contributed by atoms with Crippen LogP contribution in [0.25, 0.3) is 0 Å². The monoisotopic (exact) mass is 347 g/mol. The summed E-state index contributed by atoms with van der Waals surface area (Å²) in [4.78, 5) is 12.0. The van der Waals surface area contributed by atoms with Gasteiger partial charge >= 0.3 is 0 Å². The number of hydrogen-bond acceptors (Lipinski definition) is 5. The smallest absolute Gasteiger partial charge is 0.283 e. The highest BCUT2D eigenvalue weighted by atomic mass is 79.9. The number of thioether (sulfide) groups is 1. The molecule has 5 nitrogen and oxygen atoms in total. The van der Waals surface area contributed by atoms with Gasteiger partial charge in [-0.15, -0.1) is 6.58 Å². The van der Waals surface area contributed by atoms with Crippen molar-refractivity contribution in [3.8, 4) is 0 Å². The van der Waals surface area contributed by atoms with Crippen LogP contribution in [-0.2, 0) is 6.54 Å². The number of nitrogens with zero attached hydrogens (tertiary/aromatic N) is 2. The summed E-state index contributed by atoms with van der Waals surface area (Å²) in [7, 11) is 0. The highest BCUT2D eigenvalue weighted by molar-refractivity contribution is 9.10. The zero-order chi connectivity index (χ0) is 14.4. The molecule has 0 aliphatic heterocycles. The van der Waals surface area contributed by atoms with Gasteiger partial charge in [0.2, 0.25) is 0 Å². The lowest BCUT2D eigenvalue weighted by Crippen LogP contribution is -2.32. The van der Waals surface area contributed by atoms with Crippen LogP contribution >= 0.6 is 27.7 Å². The lowest BCUT2D eigenvalue weighted by atomic mass is 10.2. The predicted molar refractivity (Wildman–Crippen MR) is 83.9 cm³/mol. The summed E-state index contributed by atoms with van der Waals surface area (Å²) in [6.07, 6.45) is 5.15. The maximum Gasteiger partial charge on any atom is 0.283 e. The number of hydrogen-bond donors (Lipinski definition) is 2. The fourth-order valence-electron chi connectivity index (χ4n) is 1.59. The maximum absolute atomic E-state index is 12.0. The second-order valence-electron chi connectivity index (χ2n) is 4.04. The van der Waals surface area contributed by atoms with Crippen molar-refractivity contribution in [2.75, 3.05) is 18.2 Å². The largest absolute Gasteiger partial charge is 0.395 e. The summed E-state index contributed by atoms with van der Waals surface area (Å²) in [5.74, 6) is 0. The van der Waals surface area contributed by atoms with Crippen molar-refractivity contribution in [3.63, 3.8) is 0 Å². The van der Waals surface area contributed by atoms with E-state index in [1.807, 2.05) is 13.2 Å². The Morgan fingerprint density at radius 1 is 1.74 bits per heavy atom. The molecule has 0 bridgehead atoms. The van der Waals surface area contributed by atoms with Gasteiger partial charge in [-0.2, -0.15) is 16.9 Å². The van der Waals surface area contributed by atoms with Gasteiger partial charge in [-0.3, -0.25) is 4.79 Å². The Kier molecular flexibility index (Phi) is 6.60. The minimum Gasteiger partial charge on any atom is -0.395 e. The second kappa shape index (κ2) is 7.72. The van der Waals surface area contributed by atoms with E-state index in [2.05, 4.69) is 32.9 Å². The van der Waals surface area contributed by atoms with Gasteiger partial charge in [-0.25, -0.2) is 4.68 Å². The topological polar surface area (TPSA) is 67.2 Å². The lowest BCUT2D eigenvalue weighted by molar-refractivity contribution is 0.288. The number of allylic oxidation sites excluding steroid dienone is 1. The van der Waals surface area contributed by atoms with Crippen molar-refractivity contribution in [2.24, 2.45) is 0 Å². The van der Waals surface area contributed by atoms with Gasteiger partial charge in [0.15, 0.2) is 0 Å². The third kappa shape index (κ3) is 4.09. The molecule has 2 unspecified atom stereocenters. The van der Waals surface area contributed by atoms with Crippen molar-refractivity contribution < 1.29 is 5.11 Å². The van der Waals surface area contributed by atoms with E-state index in [-0.39, 0.29) is 23.5 Å². The lowest BCUT2D eigenvalue weighted by Gasteiger charge is -2.22. The highest BCUT2D eigenvalue weighted by Gasteiger charge is 2.17. The highest BCUT2D eigenvalue weighted by Crippen LogP contribution is 2.20. The fourth-order valence-corrected chi connectivity index (χ4v) is 2.64. The summed E-state index contributed by atoms with van der Waals surface area (Å²) in [6.45, 7) is 5.99. The Hall–Kier alpha value is -0.790. The first-order valence-corrected chi connectivity index (χ1v) is 7.89. The second-order valence-corrected chi connectivity index (χ2v) is 5.91. The zero-order valence-electron chi connectivity index (χ0n) is 11.0. The first-order chi connectivity index (χ1) is 9.04.